The predicted octanol–water partition coefficient (Wildman–Crippen LogP) is 2.03. The van der Waals surface area contributed by atoms with Crippen LogP contribution in [0.4, 0.5) is 5.82 Å². The molecule has 6 heteroatoms. The monoisotopic (exact) mass is 358 g/mol. The number of anilines is 1. The minimum atomic E-state index is 0.747. The summed E-state index contributed by atoms with van der Waals surface area (Å²) in [4.78, 5) is 16.4. The number of hydrogen-bond donors (Lipinski definition) is 1. The number of likely N-dealkylation sites (tertiary alicyclic amines) is 1. The molecule has 0 radical (unpaired) electrons. The first-order valence-corrected chi connectivity index (χ1v) is 10.1. The number of pyridine rings is 1. The molecule has 0 amide bonds. The second kappa shape index (κ2) is 9.21. The topological polar surface area (TPSA) is 47.0 Å². The number of piperidine rings is 1. The van der Waals surface area contributed by atoms with Crippen LogP contribution in [0.25, 0.3) is 0 Å². The lowest BCUT2D eigenvalue weighted by Gasteiger charge is -2.34. The summed E-state index contributed by atoms with van der Waals surface area (Å²) in [5, 5.41) is 3.50. The summed E-state index contributed by atoms with van der Waals surface area (Å²) in [5.41, 5.74) is 1.20. The Labute approximate surface area is 158 Å². The van der Waals surface area contributed by atoms with E-state index in [4.69, 9.17) is 4.98 Å². The van der Waals surface area contributed by atoms with Crippen molar-refractivity contribution in [1.82, 2.24) is 20.1 Å². The summed E-state index contributed by atoms with van der Waals surface area (Å²) >= 11 is 0. The van der Waals surface area contributed by atoms with Gasteiger partial charge in [0.15, 0.2) is 5.96 Å². The molecule has 144 valence electrons. The highest BCUT2D eigenvalue weighted by atomic mass is 15.3. The Bertz CT molecular complexity index is 576. The fourth-order valence-electron chi connectivity index (χ4n) is 3.90. The van der Waals surface area contributed by atoms with Gasteiger partial charge < -0.3 is 20.0 Å². The lowest BCUT2D eigenvalue weighted by Crippen LogP contribution is -2.46. The molecular formula is C20H34N6. The van der Waals surface area contributed by atoms with E-state index in [0.29, 0.717) is 0 Å². The molecule has 2 aliphatic heterocycles. The van der Waals surface area contributed by atoms with Crippen molar-refractivity contribution < 1.29 is 0 Å². The molecule has 3 heterocycles. The number of rotatable bonds is 4. The Hall–Kier alpha value is -1.82. The van der Waals surface area contributed by atoms with E-state index in [1.807, 2.05) is 13.2 Å². The van der Waals surface area contributed by atoms with Crippen LogP contribution in [-0.2, 0) is 6.54 Å². The van der Waals surface area contributed by atoms with E-state index in [1.54, 1.807) is 0 Å². The SMILES string of the molecule is CCN1CCN(c2ccc(CNC(=NC)N3CCCC(C)C3)cn2)CC1. The molecule has 6 nitrogen and oxygen atoms in total. The Morgan fingerprint density at radius 3 is 2.65 bits per heavy atom. The molecule has 2 fully saturated rings. The average molecular weight is 359 g/mol. The standard InChI is InChI=1S/C20H34N6/c1-4-24-10-12-25(13-11-24)19-8-7-18(14-22-19)15-23-20(21-3)26-9-5-6-17(2)16-26/h7-8,14,17H,4-6,9-13,15-16H2,1-3H3,(H,21,23). The molecule has 1 unspecified atom stereocenters. The van der Waals surface area contributed by atoms with Crippen molar-refractivity contribution in [3.05, 3.63) is 23.9 Å². The van der Waals surface area contributed by atoms with Gasteiger partial charge in [-0.15, -0.1) is 0 Å². The Morgan fingerprint density at radius 2 is 2.04 bits per heavy atom. The summed E-state index contributed by atoms with van der Waals surface area (Å²) in [6, 6.07) is 4.35. The zero-order chi connectivity index (χ0) is 18.4. The molecule has 2 aliphatic rings. The number of aliphatic imine (C=N–C) groups is 1. The fraction of sp³-hybridized carbons (Fsp3) is 0.700. The maximum Gasteiger partial charge on any atom is 0.193 e. The van der Waals surface area contributed by atoms with Crippen molar-refractivity contribution in [3.63, 3.8) is 0 Å². The number of nitrogens with zero attached hydrogens (tertiary/aromatic N) is 5. The number of aromatic nitrogens is 1. The molecule has 1 aromatic heterocycles. The van der Waals surface area contributed by atoms with Gasteiger partial charge >= 0.3 is 0 Å². The third-order valence-electron chi connectivity index (χ3n) is 5.57. The van der Waals surface area contributed by atoms with E-state index < -0.39 is 0 Å². The Morgan fingerprint density at radius 1 is 1.23 bits per heavy atom. The maximum absolute atomic E-state index is 4.70. The lowest BCUT2D eigenvalue weighted by molar-refractivity contribution is 0.266. The van der Waals surface area contributed by atoms with E-state index in [-0.39, 0.29) is 0 Å². The molecule has 0 aromatic carbocycles. The van der Waals surface area contributed by atoms with Crippen LogP contribution in [0.3, 0.4) is 0 Å². The van der Waals surface area contributed by atoms with Crippen LogP contribution in [0, 0.1) is 5.92 Å². The van der Waals surface area contributed by atoms with Gasteiger partial charge in [-0.2, -0.15) is 0 Å². The molecular weight excluding hydrogens is 324 g/mol. The van der Waals surface area contributed by atoms with E-state index >= 15 is 0 Å². The van der Waals surface area contributed by atoms with Crippen LogP contribution in [0.5, 0.6) is 0 Å². The number of likely N-dealkylation sites (N-methyl/N-ethyl adjacent to an activating group) is 1. The van der Waals surface area contributed by atoms with Crippen LogP contribution >= 0.6 is 0 Å². The molecule has 26 heavy (non-hydrogen) atoms. The number of guanidine groups is 1. The average Bonchev–Trinajstić information content (AvgIpc) is 2.69. The van der Waals surface area contributed by atoms with Crippen LogP contribution in [-0.4, -0.2) is 73.6 Å². The first-order chi connectivity index (χ1) is 12.7. The highest BCUT2D eigenvalue weighted by Gasteiger charge is 2.19. The van der Waals surface area contributed by atoms with E-state index in [9.17, 15) is 0 Å². The van der Waals surface area contributed by atoms with Gasteiger partial charge in [-0.05, 0) is 36.9 Å². The second-order valence-corrected chi connectivity index (χ2v) is 7.54. The molecule has 1 aromatic rings. The molecule has 2 saturated heterocycles. The van der Waals surface area contributed by atoms with Gasteiger partial charge in [-0.3, -0.25) is 4.99 Å². The Balaban J connectivity index is 1.51. The summed E-state index contributed by atoms with van der Waals surface area (Å²) in [5.74, 6) is 2.85. The van der Waals surface area contributed by atoms with Gasteiger partial charge in [0, 0.05) is 59.1 Å². The zero-order valence-corrected chi connectivity index (χ0v) is 16.6. The number of piperazine rings is 1. The Kier molecular flexibility index (Phi) is 6.72. The fourth-order valence-corrected chi connectivity index (χ4v) is 3.90. The summed E-state index contributed by atoms with van der Waals surface area (Å²) < 4.78 is 0. The highest BCUT2D eigenvalue weighted by Crippen LogP contribution is 2.16. The van der Waals surface area contributed by atoms with Crippen LogP contribution in [0.1, 0.15) is 32.3 Å². The van der Waals surface area contributed by atoms with Crippen molar-refractivity contribution in [2.75, 3.05) is 57.8 Å². The molecule has 0 spiro atoms. The third kappa shape index (κ3) is 4.87. The van der Waals surface area contributed by atoms with Gasteiger partial charge in [-0.25, -0.2) is 4.98 Å². The molecule has 1 N–H and O–H groups in total. The first kappa shape index (κ1) is 19.0. The van der Waals surface area contributed by atoms with Crippen molar-refractivity contribution in [2.24, 2.45) is 10.9 Å². The predicted molar refractivity (Wildman–Crippen MR) is 109 cm³/mol. The van der Waals surface area contributed by atoms with Gasteiger partial charge in [0.05, 0.1) is 0 Å². The highest BCUT2D eigenvalue weighted by molar-refractivity contribution is 5.80. The minimum absolute atomic E-state index is 0.747. The van der Waals surface area contributed by atoms with Gasteiger partial charge in [0.1, 0.15) is 5.82 Å². The van der Waals surface area contributed by atoms with Crippen LogP contribution < -0.4 is 10.2 Å². The first-order valence-electron chi connectivity index (χ1n) is 10.1. The van der Waals surface area contributed by atoms with Crippen molar-refractivity contribution >= 4 is 11.8 Å². The second-order valence-electron chi connectivity index (χ2n) is 7.54. The maximum atomic E-state index is 4.70. The lowest BCUT2D eigenvalue weighted by atomic mass is 10.0. The van der Waals surface area contributed by atoms with Gasteiger partial charge in [0.25, 0.3) is 0 Å². The summed E-state index contributed by atoms with van der Waals surface area (Å²) in [6.07, 6.45) is 4.58. The van der Waals surface area contributed by atoms with Crippen molar-refractivity contribution in [2.45, 2.75) is 33.2 Å². The summed E-state index contributed by atoms with van der Waals surface area (Å²) in [6.45, 7) is 13.1. The summed E-state index contributed by atoms with van der Waals surface area (Å²) in [7, 11) is 1.87. The van der Waals surface area contributed by atoms with E-state index in [2.05, 4.69) is 51.0 Å². The van der Waals surface area contributed by atoms with Crippen molar-refractivity contribution in [1.29, 1.82) is 0 Å². The normalized spacial score (nSPS) is 22.6. The molecule has 0 aliphatic carbocycles. The minimum Gasteiger partial charge on any atom is -0.354 e. The van der Waals surface area contributed by atoms with Crippen LogP contribution in [0.15, 0.2) is 23.3 Å². The largest absolute Gasteiger partial charge is 0.354 e. The molecule has 0 saturated carbocycles. The van der Waals surface area contributed by atoms with Gasteiger partial charge in [-0.1, -0.05) is 19.9 Å². The third-order valence-corrected chi connectivity index (χ3v) is 5.57. The van der Waals surface area contributed by atoms with Gasteiger partial charge in [0.2, 0.25) is 0 Å². The quantitative estimate of drug-likeness (QED) is 0.659. The zero-order valence-electron chi connectivity index (χ0n) is 16.6. The molecule has 3 rings (SSSR count). The number of nitrogens with one attached hydrogen (secondary N) is 1. The number of hydrogen-bond acceptors (Lipinski definition) is 4. The van der Waals surface area contributed by atoms with E-state index in [0.717, 1.165) is 70.1 Å². The molecule has 1 atom stereocenters. The smallest absolute Gasteiger partial charge is 0.193 e. The molecule has 0 bridgehead atoms. The van der Waals surface area contributed by atoms with Crippen LogP contribution in [0.2, 0.25) is 0 Å². The van der Waals surface area contributed by atoms with E-state index in [1.165, 1.54) is 18.4 Å². The van der Waals surface area contributed by atoms with Crippen molar-refractivity contribution in [3.8, 4) is 0 Å².